The Hall–Kier alpha value is -1.81. The number of thiophene rings is 1. The summed E-state index contributed by atoms with van der Waals surface area (Å²) in [7, 11) is 0. The van der Waals surface area contributed by atoms with Crippen molar-refractivity contribution >= 4 is 17.2 Å². The fraction of sp³-hybridized carbons (Fsp3) is 0.312. The van der Waals surface area contributed by atoms with E-state index in [2.05, 4.69) is 18.3 Å². The fourth-order valence-electron chi connectivity index (χ4n) is 2.55. The van der Waals surface area contributed by atoms with Crippen molar-refractivity contribution in [1.82, 2.24) is 5.32 Å². The van der Waals surface area contributed by atoms with Gasteiger partial charge in [-0.05, 0) is 37.5 Å². The lowest BCUT2D eigenvalue weighted by Crippen LogP contribution is -2.24. The number of nitrogens with one attached hydrogen (secondary N) is 1. The molecule has 3 nitrogen and oxygen atoms in total. The molecule has 0 unspecified atom stereocenters. The zero-order chi connectivity index (χ0) is 13.7. The zero-order valence-corrected chi connectivity index (χ0v) is 12.0. The van der Waals surface area contributed by atoms with Crippen molar-refractivity contribution in [3.8, 4) is 16.2 Å². The molecule has 1 amide bonds. The van der Waals surface area contributed by atoms with Crippen LogP contribution in [0.4, 0.5) is 0 Å². The minimum atomic E-state index is 0.0574. The molecule has 1 aliphatic heterocycles. The summed E-state index contributed by atoms with van der Waals surface area (Å²) in [5, 5.41) is 3.05. The van der Waals surface area contributed by atoms with E-state index >= 15 is 0 Å². The second-order valence-electron chi connectivity index (χ2n) is 5.45. The number of aryl methyl sites for hydroxylation is 1. The van der Waals surface area contributed by atoms with Crippen LogP contribution < -0.4 is 10.1 Å². The summed E-state index contributed by atoms with van der Waals surface area (Å²) < 4.78 is 5.79. The third kappa shape index (κ3) is 1.91. The summed E-state index contributed by atoms with van der Waals surface area (Å²) >= 11 is 1.58. The van der Waals surface area contributed by atoms with Crippen molar-refractivity contribution in [1.29, 1.82) is 0 Å². The van der Waals surface area contributed by atoms with Crippen LogP contribution in [0.15, 0.2) is 24.3 Å². The van der Waals surface area contributed by atoms with Crippen molar-refractivity contribution in [2.24, 2.45) is 0 Å². The van der Waals surface area contributed by atoms with Gasteiger partial charge in [0, 0.05) is 22.0 Å². The summed E-state index contributed by atoms with van der Waals surface area (Å²) in [5.74, 6) is 0.982. The predicted octanol–water partition coefficient (Wildman–Crippen LogP) is 3.51. The average Bonchev–Trinajstić information content (AvgIpc) is 3.14. The molecule has 2 heterocycles. The molecular weight excluding hydrogens is 270 g/mol. The van der Waals surface area contributed by atoms with Crippen LogP contribution in [0.2, 0.25) is 0 Å². The van der Waals surface area contributed by atoms with E-state index in [-0.39, 0.29) is 5.91 Å². The standard InChI is InChI=1S/C16H15NO2S/c1-9-3-2-4-12-14(9)15-10(8-19-12)7-13(20-15)16(18)17-11-5-6-11/h2-4,7,11H,5-6,8H2,1H3,(H,17,18). The highest BCUT2D eigenvalue weighted by atomic mass is 32.1. The Morgan fingerprint density at radius 2 is 2.25 bits per heavy atom. The van der Waals surface area contributed by atoms with Gasteiger partial charge in [-0.3, -0.25) is 4.79 Å². The van der Waals surface area contributed by atoms with Crippen LogP contribution >= 0.6 is 11.3 Å². The molecule has 102 valence electrons. The Kier molecular flexibility index (Phi) is 2.60. The molecule has 1 saturated carbocycles. The van der Waals surface area contributed by atoms with Crippen LogP contribution in [0, 0.1) is 6.92 Å². The second-order valence-corrected chi connectivity index (χ2v) is 6.50. The molecule has 1 N–H and O–H groups in total. The van der Waals surface area contributed by atoms with E-state index in [4.69, 9.17) is 4.74 Å². The number of rotatable bonds is 2. The maximum Gasteiger partial charge on any atom is 0.261 e. The van der Waals surface area contributed by atoms with E-state index < -0.39 is 0 Å². The van der Waals surface area contributed by atoms with E-state index in [1.54, 1.807) is 11.3 Å². The monoisotopic (exact) mass is 285 g/mol. The Bertz CT molecular complexity index is 700. The second kappa shape index (κ2) is 4.35. The quantitative estimate of drug-likeness (QED) is 0.917. The first kappa shape index (κ1) is 12.0. The van der Waals surface area contributed by atoms with Gasteiger partial charge in [0.25, 0.3) is 5.91 Å². The van der Waals surface area contributed by atoms with E-state index in [0.717, 1.165) is 34.6 Å². The molecule has 0 bridgehead atoms. The Labute approximate surface area is 121 Å². The molecule has 2 aliphatic rings. The third-order valence-electron chi connectivity index (χ3n) is 3.79. The highest BCUT2D eigenvalue weighted by Gasteiger charge is 2.27. The van der Waals surface area contributed by atoms with Crippen molar-refractivity contribution in [3.63, 3.8) is 0 Å². The molecule has 1 aliphatic carbocycles. The first-order chi connectivity index (χ1) is 9.72. The van der Waals surface area contributed by atoms with E-state index in [1.165, 1.54) is 10.4 Å². The van der Waals surface area contributed by atoms with Gasteiger partial charge in [0.2, 0.25) is 0 Å². The van der Waals surface area contributed by atoms with Crippen LogP contribution in [-0.4, -0.2) is 11.9 Å². The van der Waals surface area contributed by atoms with Gasteiger partial charge in [-0.25, -0.2) is 0 Å². The molecule has 0 atom stereocenters. The molecule has 1 fully saturated rings. The van der Waals surface area contributed by atoms with Crippen molar-refractivity contribution in [3.05, 3.63) is 40.3 Å². The van der Waals surface area contributed by atoms with Crippen LogP contribution in [0.1, 0.15) is 33.6 Å². The van der Waals surface area contributed by atoms with Gasteiger partial charge in [-0.2, -0.15) is 0 Å². The minimum absolute atomic E-state index is 0.0574. The van der Waals surface area contributed by atoms with Gasteiger partial charge >= 0.3 is 0 Å². The summed E-state index contributed by atoms with van der Waals surface area (Å²) in [4.78, 5) is 14.1. The Balaban J connectivity index is 1.75. The molecule has 2 aromatic rings. The summed E-state index contributed by atoms with van der Waals surface area (Å²) in [6, 6.07) is 8.46. The number of hydrogen-bond donors (Lipinski definition) is 1. The molecule has 0 radical (unpaired) electrons. The van der Waals surface area contributed by atoms with Crippen molar-refractivity contribution < 1.29 is 9.53 Å². The average molecular weight is 285 g/mol. The lowest BCUT2D eigenvalue weighted by molar-refractivity contribution is 0.0955. The van der Waals surface area contributed by atoms with E-state index in [1.807, 2.05) is 18.2 Å². The topological polar surface area (TPSA) is 38.3 Å². The Morgan fingerprint density at radius 1 is 1.40 bits per heavy atom. The van der Waals surface area contributed by atoms with Crippen LogP contribution in [0.3, 0.4) is 0 Å². The van der Waals surface area contributed by atoms with Gasteiger partial charge in [-0.1, -0.05) is 12.1 Å². The van der Waals surface area contributed by atoms with Crippen LogP contribution in [0.5, 0.6) is 5.75 Å². The number of carbonyl (C=O) groups is 1. The van der Waals surface area contributed by atoms with E-state index in [9.17, 15) is 4.79 Å². The Morgan fingerprint density at radius 3 is 3.05 bits per heavy atom. The normalized spacial score (nSPS) is 16.1. The molecule has 0 saturated heterocycles. The SMILES string of the molecule is Cc1cccc2c1-c1sc(C(=O)NC3CC3)cc1CO2. The molecule has 0 spiro atoms. The predicted molar refractivity (Wildman–Crippen MR) is 79.3 cm³/mol. The van der Waals surface area contributed by atoms with Crippen LogP contribution in [-0.2, 0) is 6.61 Å². The van der Waals surface area contributed by atoms with E-state index in [0.29, 0.717) is 12.6 Å². The fourth-order valence-corrected chi connectivity index (χ4v) is 3.74. The molecule has 4 rings (SSSR count). The first-order valence-electron chi connectivity index (χ1n) is 6.89. The molecule has 4 heteroatoms. The highest BCUT2D eigenvalue weighted by molar-refractivity contribution is 7.17. The molecular formula is C16H15NO2S. The van der Waals surface area contributed by atoms with Gasteiger partial charge in [0.15, 0.2) is 0 Å². The van der Waals surface area contributed by atoms with Crippen molar-refractivity contribution in [2.75, 3.05) is 0 Å². The van der Waals surface area contributed by atoms with Gasteiger partial charge in [-0.15, -0.1) is 11.3 Å². The molecule has 20 heavy (non-hydrogen) atoms. The summed E-state index contributed by atoms with van der Waals surface area (Å²) in [6.07, 6.45) is 2.23. The maximum atomic E-state index is 12.2. The zero-order valence-electron chi connectivity index (χ0n) is 11.2. The smallest absolute Gasteiger partial charge is 0.261 e. The van der Waals surface area contributed by atoms with Gasteiger partial charge < -0.3 is 10.1 Å². The number of benzene rings is 1. The number of amides is 1. The number of hydrogen-bond acceptors (Lipinski definition) is 3. The van der Waals surface area contributed by atoms with Crippen molar-refractivity contribution in [2.45, 2.75) is 32.4 Å². The van der Waals surface area contributed by atoms with Crippen LogP contribution in [0.25, 0.3) is 10.4 Å². The molecule has 1 aromatic heterocycles. The number of ether oxygens (including phenoxy) is 1. The number of carbonyl (C=O) groups excluding carboxylic acids is 1. The van der Waals surface area contributed by atoms with Gasteiger partial charge in [0.05, 0.1) is 4.88 Å². The minimum Gasteiger partial charge on any atom is -0.488 e. The summed E-state index contributed by atoms with van der Waals surface area (Å²) in [6.45, 7) is 2.64. The first-order valence-corrected chi connectivity index (χ1v) is 7.70. The summed E-state index contributed by atoms with van der Waals surface area (Å²) in [5.41, 5.74) is 3.46. The highest BCUT2D eigenvalue weighted by Crippen LogP contribution is 2.44. The largest absolute Gasteiger partial charge is 0.488 e. The lowest BCUT2D eigenvalue weighted by atomic mass is 10.0. The maximum absolute atomic E-state index is 12.2. The third-order valence-corrected chi connectivity index (χ3v) is 4.98. The number of fused-ring (bicyclic) bond motifs is 3. The van der Waals surface area contributed by atoms with Gasteiger partial charge in [0.1, 0.15) is 12.4 Å². The lowest BCUT2D eigenvalue weighted by Gasteiger charge is -2.19. The molecule has 1 aromatic carbocycles.